The number of aliphatic hydroxyl groups excluding tert-OH is 1. The zero-order valence-electron chi connectivity index (χ0n) is 15.4. The molecule has 3 N–H and O–H groups in total. The second-order valence-electron chi connectivity index (χ2n) is 6.22. The number of hydrogen-bond donors (Lipinski definition) is 3. The van der Waals surface area contributed by atoms with Gasteiger partial charge < -0.3 is 24.5 Å². The molecule has 1 heterocycles. The fourth-order valence-corrected chi connectivity index (χ4v) is 3.92. The Kier molecular flexibility index (Phi) is 5.73. The number of aromatic amines is 2. The minimum atomic E-state index is -3.85. The maximum atomic E-state index is 12.7. The first-order valence-corrected chi connectivity index (χ1v) is 9.87. The first kappa shape index (κ1) is 19.9. The van der Waals surface area contributed by atoms with Gasteiger partial charge in [-0.15, -0.1) is 0 Å². The van der Waals surface area contributed by atoms with E-state index in [9.17, 15) is 18.3 Å². The van der Waals surface area contributed by atoms with E-state index in [1.165, 1.54) is 32.4 Å². The van der Waals surface area contributed by atoms with Gasteiger partial charge in [-0.05, 0) is 30.3 Å². The van der Waals surface area contributed by atoms with Gasteiger partial charge in [0.15, 0.2) is 0 Å². The molecule has 1 atom stereocenters. The van der Waals surface area contributed by atoms with Crippen LogP contribution >= 0.6 is 0 Å². The number of nitrogens with one attached hydrogen (secondary N) is 2. The zero-order valence-corrected chi connectivity index (χ0v) is 16.2. The maximum absolute atomic E-state index is 12.7. The van der Waals surface area contributed by atoms with Crippen LogP contribution in [0.5, 0.6) is 11.5 Å². The van der Waals surface area contributed by atoms with Gasteiger partial charge in [0.2, 0.25) is 10.0 Å². The predicted octanol–water partition coefficient (Wildman–Crippen LogP) is 0.925. The standard InChI is InChI=1S/C18H21N3O6S/c1-21(10-12(22)11-27-14-5-3-4-13(8-14)26-2)28(24,25)15-6-7-16-17(9-15)20-18(23)19-16/h3-9,12,22H,10-11H2,1-2H3,(H2,19,20,23)/t12-/m1/s1. The number of rotatable bonds is 8. The van der Waals surface area contributed by atoms with Crippen molar-refractivity contribution in [3.8, 4) is 11.5 Å². The summed E-state index contributed by atoms with van der Waals surface area (Å²) in [6.45, 7) is -0.245. The number of nitrogens with zero attached hydrogens (tertiary/aromatic N) is 1. The minimum Gasteiger partial charge on any atom is -0.497 e. The number of likely N-dealkylation sites (N-methyl/N-ethyl adjacent to an activating group) is 1. The van der Waals surface area contributed by atoms with Crippen LogP contribution in [0.1, 0.15) is 0 Å². The van der Waals surface area contributed by atoms with Gasteiger partial charge in [0.25, 0.3) is 0 Å². The molecule has 2 aromatic carbocycles. The Hall–Kier alpha value is -2.82. The van der Waals surface area contributed by atoms with Crippen molar-refractivity contribution in [2.75, 3.05) is 27.3 Å². The van der Waals surface area contributed by atoms with Crippen LogP contribution in [-0.2, 0) is 10.0 Å². The fraction of sp³-hybridized carbons (Fsp3) is 0.278. The van der Waals surface area contributed by atoms with E-state index in [2.05, 4.69) is 9.97 Å². The molecule has 0 unspecified atom stereocenters. The smallest absolute Gasteiger partial charge is 0.323 e. The van der Waals surface area contributed by atoms with Crippen molar-refractivity contribution in [2.24, 2.45) is 0 Å². The van der Waals surface area contributed by atoms with E-state index >= 15 is 0 Å². The van der Waals surface area contributed by atoms with Crippen LogP contribution < -0.4 is 15.2 Å². The van der Waals surface area contributed by atoms with Crippen LogP contribution in [0.25, 0.3) is 11.0 Å². The Morgan fingerprint density at radius 3 is 2.57 bits per heavy atom. The third kappa shape index (κ3) is 4.35. The van der Waals surface area contributed by atoms with Gasteiger partial charge in [0.1, 0.15) is 24.2 Å². The molecule has 0 aliphatic heterocycles. The summed E-state index contributed by atoms with van der Waals surface area (Å²) < 4.78 is 37.1. The average molecular weight is 407 g/mol. The molecule has 0 radical (unpaired) electrons. The van der Waals surface area contributed by atoms with Gasteiger partial charge >= 0.3 is 5.69 Å². The van der Waals surface area contributed by atoms with E-state index < -0.39 is 21.8 Å². The van der Waals surface area contributed by atoms with Gasteiger partial charge in [-0.2, -0.15) is 4.31 Å². The van der Waals surface area contributed by atoms with Crippen molar-refractivity contribution < 1.29 is 23.0 Å². The monoisotopic (exact) mass is 407 g/mol. The molecule has 28 heavy (non-hydrogen) atoms. The lowest BCUT2D eigenvalue weighted by Crippen LogP contribution is -2.37. The molecule has 10 heteroatoms. The summed E-state index contributed by atoms with van der Waals surface area (Å²) in [6.07, 6.45) is -1.04. The summed E-state index contributed by atoms with van der Waals surface area (Å²) in [4.78, 5) is 16.4. The lowest BCUT2D eigenvalue weighted by molar-refractivity contribution is 0.0934. The second kappa shape index (κ2) is 8.05. The van der Waals surface area contributed by atoms with Crippen LogP contribution in [0, 0.1) is 0 Å². The van der Waals surface area contributed by atoms with Crippen molar-refractivity contribution in [1.29, 1.82) is 0 Å². The molecule has 0 fully saturated rings. The number of aliphatic hydroxyl groups is 1. The summed E-state index contributed by atoms with van der Waals surface area (Å²) in [5, 5.41) is 10.2. The van der Waals surface area contributed by atoms with Crippen LogP contribution in [-0.4, -0.2) is 61.2 Å². The summed E-state index contributed by atoms with van der Waals surface area (Å²) in [6, 6.07) is 11.2. The van der Waals surface area contributed by atoms with E-state index in [1.54, 1.807) is 24.3 Å². The molecule has 3 rings (SSSR count). The summed E-state index contributed by atoms with van der Waals surface area (Å²) in [5.41, 5.74) is 0.489. The molecule has 0 amide bonds. The molecule has 9 nitrogen and oxygen atoms in total. The number of methoxy groups -OCH3 is 1. The fourth-order valence-electron chi connectivity index (χ4n) is 2.68. The quantitative estimate of drug-likeness (QED) is 0.510. The van der Waals surface area contributed by atoms with Crippen molar-refractivity contribution >= 4 is 21.1 Å². The molecular formula is C18H21N3O6S. The van der Waals surface area contributed by atoms with E-state index in [-0.39, 0.29) is 18.0 Å². The van der Waals surface area contributed by atoms with Gasteiger partial charge in [0, 0.05) is 19.7 Å². The molecule has 1 aromatic heterocycles. The summed E-state index contributed by atoms with van der Waals surface area (Å²) in [7, 11) is -0.943. The topological polar surface area (TPSA) is 125 Å². The normalized spacial score (nSPS) is 13.0. The maximum Gasteiger partial charge on any atom is 0.323 e. The van der Waals surface area contributed by atoms with Crippen molar-refractivity contribution in [2.45, 2.75) is 11.0 Å². The second-order valence-corrected chi connectivity index (χ2v) is 8.26. The lowest BCUT2D eigenvalue weighted by atomic mass is 10.3. The lowest BCUT2D eigenvalue weighted by Gasteiger charge is -2.21. The molecule has 150 valence electrons. The third-order valence-corrected chi connectivity index (χ3v) is 5.97. The Morgan fingerprint density at radius 2 is 1.82 bits per heavy atom. The van der Waals surface area contributed by atoms with Crippen molar-refractivity contribution in [3.63, 3.8) is 0 Å². The SMILES string of the molecule is COc1cccc(OC[C@H](O)CN(C)S(=O)(=O)c2ccc3[nH]c(=O)[nH]c3c2)c1. The van der Waals surface area contributed by atoms with Crippen LogP contribution in [0.15, 0.2) is 52.2 Å². The summed E-state index contributed by atoms with van der Waals surface area (Å²) in [5.74, 6) is 1.12. The molecule has 0 saturated carbocycles. The largest absolute Gasteiger partial charge is 0.497 e. The van der Waals surface area contributed by atoms with Crippen molar-refractivity contribution in [1.82, 2.24) is 14.3 Å². The Bertz CT molecular complexity index is 1120. The van der Waals surface area contributed by atoms with Crippen molar-refractivity contribution in [3.05, 3.63) is 52.9 Å². The number of aromatic nitrogens is 2. The Balaban J connectivity index is 1.65. The van der Waals surface area contributed by atoms with Crippen LogP contribution in [0.3, 0.4) is 0 Å². The van der Waals surface area contributed by atoms with Gasteiger partial charge in [0.05, 0.1) is 23.0 Å². The van der Waals surface area contributed by atoms with Gasteiger partial charge in [-0.3, -0.25) is 0 Å². The third-order valence-electron chi connectivity index (χ3n) is 4.15. The van der Waals surface area contributed by atoms with Gasteiger partial charge in [-0.25, -0.2) is 13.2 Å². The Morgan fingerprint density at radius 1 is 1.11 bits per heavy atom. The highest BCUT2D eigenvalue weighted by Crippen LogP contribution is 2.20. The number of imidazole rings is 1. The highest BCUT2D eigenvalue weighted by molar-refractivity contribution is 7.89. The summed E-state index contributed by atoms with van der Waals surface area (Å²) >= 11 is 0. The highest BCUT2D eigenvalue weighted by Gasteiger charge is 2.24. The number of fused-ring (bicyclic) bond motifs is 1. The van der Waals surface area contributed by atoms with Gasteiger partial charge in [-0.1, -0.05) is 6.07 Å². The van der Waals surface area contributed by atoms with E-state index in [1.807, 2.05) is 0 Å². The molecule has 0 bridgehead atoms. The zero-order chi connectivity index (χ0) is 20.3. The van der Waals surface area contributed by atoms with E-state index in [0.29, 0.717) is 22.5 Å². The average Bonchev–Trinajstić information content (AvgIpc) is 3.05. The highest BCUT2D eigenvalue weighted by atomic mass is 32.2. The number of benzene rings is 2. The molecule has 0 spiro atoms. The molecule has 0 aliphatic carbocycles. The Labute approximate surface area is 161 Å². The van der Waals surface area contributed by atoms with E-state index in [4.69, 9.17) is 9.47 Å². The number of sulfonamides is 1. The molecular weight excluding hydrogens is 386 g/mol. The molecule has 0 saturated heterocycles. The number of H-pyrrole nitrogens is 2. The predicted molar refractivity (Wildman–Crippen MR) is 103 cm³/mol. The first-order chi connectivity index (χ1) is 13.3. The minimum absolute atomic E-state index is 0.0127. The number of hydrogen-bond acceptors (Lipinski definition) is 6. The number of ether oxygens (including phenoxy) is 2. The van der Waals surface area contributed by atoms with Crippen LogP contribution in [0.4, 0.5) is 0 Å². The van der Waals surface area contributed by atoms with E-state index in [0.717, 1.165) is 4.31 Å². The van der Waals surface area contributed by atoms with Crippen LogP contribution in [0.2, 0.25) is 0 Å². The first-order valence-electron chi connectivity index (χ1n) is 8.43. The molecule has 0 aliphatic rings. The molecule has 3 aromatic rings.